The molecule has 0 atom stereocenters. The molecule has 0 saturated carbocycles. The summed E-state index contributed by atoms with van der Waals surface area (Å²) in [5, 5.41) is 0. The molecular formula is C12H13O3. The predicted octanol–water partition coefficient (Wildman–Crippen LogP) is 2.58. The molecular weight excluding hydrogens is 192 g/mol. The van der Waals surface area contributed by atoms with Crippen LogP contribution in [-0.4, -0.2) is 13.1 Å². The molecule has 0 saturated heterocycles. The molecule has 15 heavy (non-hydrogen) atoms. The highest BCUT2D eigenvalue weighted by atomic mass is 16.5. The van der Waals surface area contributed by atoms with Crippen LogP contribution in [0.15, 0.2) is 30.0 Å². The van der Waals surface area contributed by atoms with Gasteiger partial charge in [0.1, 0.15) is 11.3 Å². The Labute approximate surface area is 89.3 Å². The van der Waals surface area contributed by atoms with E-state index in [1.807, 2.05) is 19.9 Å². The van der Waals surface area contributed by atoms with Gasteiger partial charge in [0.05, 0.1) is 12.9 Å². The number of ether oxygens (including phenoxy) is 2. The molecule has 0 N–H and O–H groups in total. The molecule has 1 radical (unpaired) electrons. The monoisotopic (exact) mass is 205 g/mol. The van der Waals surface area contributed by atoms with Crippen molar-refractivity contribution in [1.82, 2.24) is 0 Å². The van der Waals surface area contributed by atoms with Gasteiger partial charge in [-0.05, 0) is 38.1 Å². The van der Waals surface area contributed by atoms with Crippen LogP contribution in [-0.2, 0) is 4.74 Å². The molecule has 0 unspecified atom stereocenters. The van der Waals surface area contributed by atoms with Gasteiger partial charge in [-0.25, -0.2) is 4.79 Å². The van der Waals surface area contributed by atoms with Gasteiger partial charge in [-0.15, -0.1) is 0 Å². The van der Waals surface area contributed by atoms with E-state index >= 15 is 0 Å². The summed E-state index contributed by atoms with van der Waals surface area (Å²) in [7, 11) is 1.33. The SMILES string of the molecule is CC=C(C)Oc1cc[c]cc1C(=O)OC. The zero-order valence-corrected chi connectivity index (χ0v) is 9.03. The van der Waals surface area contributed by atoms with Crippen molar-refractivity contribution in [3.05, 3.63) is 41.7 Å². The molecule has 0 aliphatic rings. The molecule has 0 fully saturated rings. The fourth-order valence-electron chi connectivity index (χ4n) is 1.01. The second kappa shape index (κ2) is 5.20. The maximum absolute atomic E-state index is 11.4. The van der Waals surface area contributed by atoms with Gasteiger partial charge in [-0.1, -0.05) is 6.07 Å². The molecule has 0 heterocycles. The number of allylic oxidation sites excluding steroid dienone is 2. The molecule has 0 amide bonds. The van der Waals surface area contributed by atoms with Crippen LogP contribution in [0.2, 0.25) is 0 Å². The second-order valence-electron chi connectivity index (χ2n) is 2.92. The van der Waals surface area contributed by atoms with Crippen LogP contribution in [0.1, 0.15) is 24.2 Å². The van der Waals surface area contributed by atoms with Gasteiger partial charge >= 0.3 is 5.97 Å². The Balaban J connectivity index is 3.01. The average molecular weight is 205 g/mol. The topological polar surface area (TPSA) is 35.5 Å². The van der Waals surface area contributed by atoms with Crippen LogP contribution in [0.5, 0.6) is 5.75 Å². The van der Waals surface area contributed by atoms with Crippen molar-refractivity contribution >= 4 is 5.97 Å². The summed E-state index contributed by atoms with van der Waals surface area (Å²) in [5.74, 6) is 0.785. The number of benzene rings is 1. The van der Waals surface area contributed by atoms with Crippen molar-refractivity contribution < 1.29 is 14.3 Å². The van der Waals surface area contributed by atoms with E-state index in [2.05, 4.69) is 10.8 Å². The normalized spacial score (nSPS) is 11.0. The number of esters is 1. The van der Waals surface area contributed by atoms with Gasteiger partial charge in [0.2, 0.25) is 0 Å². The second-order valence-corrected chi connectivity index (χ2v) is 2.92. The van der Waals surface area contributed by atoms with E-state index in [1.54, 1.807) is 18.2 Å². The van der Waals surface area contributed by atoms with Crippen molar-refractivity contribution in [1.29, 1.82) is 0 Å². The molecule has 1 aromatic rings. The third-order valence-electron chi connectivity index (χ3n) is 1.91. The zero-order valence-electron chi connectivity index (χ0n) is 9.03. The summed E-state index contributed by atoms with van der Waals surface area (Å²) in [6, 6.07) is 7.72. The minimum Gasteiger partial charge on any atom is -0.465 e. The first-order valence-electron chi connectivity index (χ1n) is 4.58. The Morgan fingerprint density at radius 2 is 2.27 bits per heavy atom. The Kier molecular flexibility index (Phi) is 3.92. The summed E-state index contributed by atoms with van der Waals surface area (Å²) in [6.07, 6.45) is 1.82. The van der Waals surface area contributed by atoms with Crippen LogP contribution in [0.25, 0.3) is 0 Å². The predicted molar refractivity (Wildman–Crippen MR) is 56.7 cm³/mol. The van der Waals surface area contributed by atoms with Crippen molar-refractivity contribution in [2.45, 2.75) is 13.8 Å². The molecule has 0 bridgehead atoms. The highest BCUT2D eigenvalue weighted by Crippen LogP contribution is 2.20. The molecule has 0 aliphatic carbocycles. The lowest BCUT2D eigenvalue weighted by molar-refractivity contribution is 0.0597. The Morgan fingerprint density at radius 1 is 1.53 bits per heavy atom. The van der Waals surface area contributed by atoms with Gasteiger partial charge in [-0.2, -0.15) is 0 Å². The van der Waals surface area contributed by atoms with Crippen molar-refractivity contribution in [2.75, 3.05) is 7.11 Å². The van der Waals surface area contributed by atoms with E-state index in [0.717, 1.165) is 5.76 Å². The third-order valence-corrected chi connectivity index (χ3v) is 1.91. The first-order chi connectivity index (χ1) is 7.19. The van der Waals surface area contributed by atoms with E-state index in [9.17, 15) is 4.79 Å². The number of methoxy groups -OCH3 is 1. The Bertz CT molecular complexity index is 380. The summed E-state index contributed by atoms with van der Waals surface area (Å²) < 4.78 is 10.1. The maximum atomic E-state index is 11.4. The van der Waals surface area contributed by atoms with Gasteiger partial charge < -0.3 is 9.47 Å². The largest absolute Gasteiger partial charge is 0.465 e. The summed E-state index contributed by atoms with van der Waals surface area (Å²) in [4.78, 5) is 11.4. The first kappa shape index (κ1) is 11.3. The lowest BCUT2D eigenvalue weighted by atomic mass is 10.2. The Hall–Kier alpha value is -1.77. The van der Waals surface area contributed by atoms with Crippen molar-refractivity contribution in [3.8, 4) is 5.75 Å². The third kappa shape index (κ3) is 2.84. The number of carbonyl (C=O) groups excluding carboxylic acids is 1. The summed E-state index contributed by atoms with van der Waals surface area (Å²) in [6.45, 7) is 3.68. The Morgan fingerprint density at radius 3 is 2.87 bits per heavy atom. The van der Waals surface area contributed by atoms with Crippen LogP contribution < -0.4 is 4.74 Å². The number of carbonyl (C=O) groups is 1. The smallest absolute Gasteiger partial charge is 0.341 e. The summed E-state index contributed by atoms with van der Waals surface area (Å²) >= 11 is 0. The molecule has 1 rings (SSSR count). The van der Waals surface area contributed by atoms with Gasteiger partial charge in [0.15, 0.2) is 0 Å². The van der Waals surface area contributed by atoms with E-state index < -0.39 is 5.97 Å². The van der Waals surface area contributed by atoms with Crippen LogP contribution in [0.4, 0.5) is 0 Å². The quantitative estimate of drug-likeness (QED) is 0.562. The number of hydrogen-bond acceptors (Lipinski definition) is 3. The lowest BCUT2D eigenvalue weighted by Gasteiger charge is -2.09. The van der Waals surface area contributed by atoms with E-state index in [-0.39, 0.29) is 0 Å². The number of hydrogen-bond donors (Lipinski definition) is 0. The van der Waals surface area contributed by atoms with E-state index in [0.29, 0.717) is 11.3 Å². The van der Waals surface area contributed by atoms with Crippen LogP contribution in [0, 0.1) is 6.07 Å². The molecule has 3 nitrogen and oxygen atoms in total. The van der Waals surface area contributed by atoms with Crippen LogP contribution in [0.3, 0.4) is 0 Å². The van der Waals surface area contributed by atoms with Gasteiger partial charge in [-0.3, -0.25) is 0 Å². The van der Waals surface area contributed by atoms with E-state index in [4.69, 9.17) is 4.74 Å². The highest BCUT2D eigenvalue weighted by molar-refractivity contribution is 5.92. The van der Waals surface area contributed by atoms with Gasteiger partial charge in [0.25, 0.3) is 0 Å². The fourth-order valence-corrected chi connectivity index (χ4v) is 1.01. The first-order valence-corrected chi connectivity index (χ1v) is 4.58. The van der Waals surface area contributed by atoms with Crippen LogP contribution >= 0.6 is 0 Å². The van der Waals surface area contributed by atoms with E-state index in [1.165, 1.54) is 7.11 Å². The maximum Gasteiger partial charge on any atom is 0.341 e. The molecule has 0 aliphatic heterocycles. The fraction of sp³-hybridized carbons (Fsp3) is 0.250. The molecule has 3 heteroatoms. The van der Waals surface area contributed by atoms with Crippen molar-refractivity contribution in [2.24, 2.45) is 0 Å². The van der Waals surface area contributed by atoms with Crippen molar-refractivity contribution in [3.63, 3.8) is 0 Å². The summed E-state index contributed by atoms with van der Waals surface area (Å²) in [5.41, 5.74) is 0.376. The molecule has 1 aromatic carbocycles. The average Bonchev–Trinajstić information content (AvgIpc) is 2.28. The molecule has 79 valence electrons. The lowest BCUT2D eigenvalue weighted by Crippen LogP contribution is -2.04. The minimum atomic E-state index is -0.425. The standard InChI is InChI=1S/C12H13O3/c1-4-9(2)15-11-8-6-5-7-10(11)12(13)14-3/h4,6-8H,1-3H3. The minimum absolute atomic E-state index is 0.376. The zero-order chi connectivity index (χ0) is 11.3. The highest BCUT2D eigenvalue weighted by Gasteiger charge is 2.12. The van der Waals surface area contributed by atoms with Gasteiger partial charge in [0, 0.05) is 0 Å². The number of rotatable bonds is 3. The molecule has 0 spiro atoms. The molecule has 0 aromatic heterocycles.